The van der Waals surface area contributed by atoms with E-state index < -0.39 is 35.2 Å². The normalized spacial score (nSPS) is 12.0. The first-order valence-electron chi connectivity index (χ1n) is 6.74. The average Bonchev–Trinajstić information content (AvgIpc) is 2.86. The number of aromatic nitrogens is 2. The topological polar surface area (TPSA) is 75.4 Å². The van der Waals surface area contributed by atoms with Crippen LogP contribution in [0.4, 0.5) is 8.78 Å². The van der Waals surface area contributed by atoms with Gasteiger partial charge in [-0.1, -0.05) is 6.07 Å². The number of rotatable bonds is 4. The number of benzene rings is 1. The van der Waals surface area contributed by atoms with Crippen LogP contribution < -0.4 is 0 Å². The molecular weight excluding hydrogens is 308 g/mol. The highest BCUT2D eigenvalue weighted by Gasteiger charge is 2.26. The van der Waals surface area contributed by atoms with Crippen molar-refractivity contribution in [2.75, 3.05) is 7.05 Å². The maximum absolute atomic E-state index is 13.8. The van der Waals surface area contributed by atoms with E-state index in [2.05, 4.69) is 5.10 Å². The van der Waals surface area contributed by atoms with Crippen LogP contribution in [-0.4, -0.2) is 44.8 Å². The Bertz CT molecular complexity index is 753. The van der Waals surface area contributed by atoms with Gasteiger partial charge in [0.2, 0.25) is 0 Å². The summed E-state index contributed by atoms with van der Waals surface area (Å²) in [5, 5.41) is 12.9. The van der Waals surface area contributed by atoms with Gasteiger partial charge in [-0.3, -0.25) is 4.79 Å². The van der Waals surface area contributed by atoms with Gasteiger partial charge in [-0.25, -0.2) is 18.3 Å². The fourth-order valence-corrected chi connectivity index (χ4v) is 2.00. The third-order valence-electron chi connectivity index (χ3n) is 3.53. The lowest BCUT2D eigenvalue weighted by atomic mass is 10.2. The molecule has 1 aromatic carbocycles. The standard InChI is InChI=1S/C15H15F2N3O3/c1-8-7-20(13-10(16)5-4-6-11(13)17)18-12(8)14(21)19(3)9(2)15(22)23/h4-7,9H,1-3H3,(H,22,23). The lowest BCUT2D eigenvalue weighted by Gasteiger charge is -2.20. The second kappa shape index (κ2) is 6.15. The zero-order valence-corrected chi connectivity index (χ0v) is 12.7. The highest BCUT2D eigenvalue weighted by atomic mass is 19.1. The van der Waals surface area contributed by atoms with Crippen LogP contribution in [-0.2, 0) is 4.79 Å². The molecule has 0 fully saturated rings. The van der Waals surface area contributed by atoms with Gasteiger partial charge < -0.3 is 10.0 Å². The van der Waals surface area contributed by atoms with Crippen molar-refractivity contribution < 1.29 is 23.5 Å². The number of para-hydroxylation sites is 1. The lowest BCUT2D eigenvalue weighted by Crippen LogP contribution is -2.40. The van der Waals surface area contributed by atoms with Crippen LogP contribution in [0.2, 0.25) is 0 Å². The number of halogens is 2. The van der Waals surface area contributed by atoms with Crippen LogP contribution in [0.5, 0.6) is 0 Å². The van der Waals surface area contributed by atoms with E-state index in [0.29, 0.717) is 5.56 Å². The number of amides is 1. The first-order chi connectivity index (χ1) is 10.7. The van der Waals surface area contributed by atoms with Crippen molar-refractivity contribution in [2.45, 2.75) is 19.9 Å². The number of aryl methyl sites for hydroxylation is 1. The van der Waals surface area contributed by atoms with Gasteiger partial charge in [-0.2, -0.15) is 5.10 Å². The van der Waals surface area contributed by atoms with E-state index in [0.717, 1.165) is 21.7 Å². The lowest BCUT2D eigenvalue weighted by molar-refractivity contribution is -0.141. The van der Waals surface area contributed by atoms with E-state index in [1.54, 1.807) is 6.92 Å². The summed E-state index contributed by atoms with van der Waals surface area (Å²) in [5.41, 5.74) is -0.0890. The van der Waals surface area contributed by atoms with Crippen molar-refractivity contribution in [2.24, 2.45) is 0 Å². The van der Waals surface area contributed by atoms with Crippen LogP contribution in [0, 0.1) is 18.6 Å². The molecule has 122 valence electrons. The van der Waals surface area contributed by atoms with Crippen LogP contribution in [0.3, 0.4) is 0 Å². The van der Waals surface area contributed by atoms with Crippen molar-refractivity contribution in [3.05, 3.63) is 47.3 Å². The molecule has 1 heterocycles. The molecule has 23 heavy (non-hydrogen) atoms. The SMILES string of the molecule is Cc1cn(-c2c(F)cccc2F)nc1C(=O)N(C)C(C)C(=O)O. The molecule has 1 amide bonds. The molecule has 0 saturated heterocycles. The number of carbonyl (C=O) groups is 2. The molecule has 1 unspecified atom stereocenters. The number of carboxylic acids is 1. The summed E-state index contributed by atoms with van der Waals surface area (Å²) in [6.45, 7) is 2.90. The minimum Gasteiger partial charge on any atom is -0.480 e. The van der Waals surface area contributed by atoms with Gasteiger partial charge in [0, 0.05) is 18.8 Å². The minimum absolute atomic E-state index is 0.0664. The molecule has 0 bridgehead atoms. The number of hydrogen-bond donors (Lipinski definition) is 1. The molecular formula is C15H15F2N3O3. The highest BCUT2D eigenvalue weighted by molar-refractivity contribution is 5.95. The molecule has 0 aliphatic rings. The summed E-state index contributed by atoms with van der Waals surface area (Å²) >= 11 is 0. The van der Waals surface area contributed by atoms with Gasteiger partial charge in [0.25, 0.3) is 5.91 Å². The Kier molecular flexibility index (Phi) is 4.44. The third kappa shape index (κ3) is 3.05. The van der Waals surface area contributed by atoms with Gasteiger partial charge in [0.15, 0.2) is 17.3 Å². The maximum Gasteiger partial charge on any atom is 0.326 e. The molecule has 0 radical (unpaired) electrons. The quantitative estimate of drug-likeness (QED) is 0.934. The van der Waals surface area contributed by atoms with Gasteiger partial charge in [0.05, 0.1) is 0 Å². The smallest absolute Gasteiger partial charge is 0.326 e. The number of carboxylic acid groups (broad SMARTS) is 1. The van der Waals surface area contributed by atoms with E-state index in [1.165, 1.54) is 26.2 Å². The molecule has 1 atom stereocenters. The second-order valence-corrected chi connectivity index (χ2v) is 5.11. The molecule has 2 rings (SSSR count). The predicted molar refractivity (Wildman–Crippen MR) is 77.4 cm³/mol. The Morgan fingerprint density at radius 2 is 1.87 bits per heavy atom. The van der Waals surface area contributed by atoms with Crippen molar-refractivity contribution >= 4 is 11.9 Å². The summed E-state index contributed by atoms with van der Waals surface area (Å²) in [6, 6.07) is 2.32. The summed E-state index contributed by atoms with van der Waals surface area (Å²) in [4.78, 5) is 24.3. The van der Waals surface area contributed by atoms with Crippen molar-refractivity contribution in [1.29, 1.82) is 0 Å². The number of aliphatic carboxylic acids is 1. The van der Waals surface area contributed by atoms with Gasteiger partial charge in [-0.15, -0.1) is 0 Å². The Hall–Kier alpha value is -2.77. The predicted octanol–water partition coefficient (Wildman–Crippen LogP) is 2.00. The molecule has 0 aliphatic heterocycles. The highest BCUT2D eigenvalue weighted by Crippen LogP contribution is 2.19. The number of carbonyl (C=O) groups excluding carboxylic acids is 1. The Balaban J connectivity index is 2.43. The zero-order chi connectivity index (χ0) is 17.3. The monoisotopic (exact) mass is 323 g/mol. The van der Waals surface area contributed by atoms with Gasteiger partial charge >= 0.3 is 5.97 Å². The molecule has 0 saturated carbocycles. The maximum atomic E-state index is 13.8. The van der Waals surface area contributed by atoms with Gasteiger partial charge in [-0.05, 0) is 26.0 Å². The molecule has 0 aliphatic carbocycles. The van der Waals surface area contributed by atoms with E-state index in [4.69, 9.17) is 5.11 Å². The Morgan fingerprint density at radius 1 is 1.30 bits per heavy atom. The van der Waals surface area contributed by atoms with Gasteiger partial charge in [0.1, 0.15) is 11.7 Å². The van der Waals surface area contributed by atoms with E-state index in [9.17, 15) is 18.4 Å². The summed E-state index contributed by atoms with van der Waals surface area (Å²) in [7, 11) is 1.32. The van der Waals surface area contributed by atoms with E-state index in [1.807, 2.05) is 0 Å². The number of likely N-dealkylation sites (N-methyl/N-ethyl adjacent to an activating group) is 1. The van der Waals surface area contributed by atoms with Crippen molar-refractivity contribution in [1.82, 2.24) is 14.7 Å². The zero-order valence-electron chi connectivity index (χ0n) is 12.7. The molecule has 6 nitrogen and oxygen atoms in total. The Morgan fingerprint density at radius 3 is 2.39 bits per heavy atom. The minimum atomic E-state index is -1.17. The molecule has 2 aromatic rings. The first-order valence-corrected chi connectivity index (χ1v) is 6.74. The molecule has 0 spiro atoms. The van der Waals surface area contributed by atoms with Crippen molar-refractivity contribution in [3.8, 4) is 5.69 Å². The van der Waals surface area contributed by atoms with Crippen LogP contribution >= 0.6 is 0 Å². The summed E-state index contributed by atoms with van der Waals surface area (Å²) in [5.74, 6) is -3.46. The van der Waals surface area contributed by atoms with Crippen LogP contribution in [0.15, 0.2) is 24.4 Å². The molecule has 1 aromatic heterocycles. The first kappa shape index (κ1) is 16.6. The van der Waals surface area contributed by atoms with Crippen LogP contribution in [0.25, 0.3) is 5.69 Å². The number of hydrogen-bond acceptors (Lipinski definition) is 3. The van der Waals surface area contributed by atoms with Crippen molar-refractivity contribution in [3.63, 3.8) is 0 Å². The fraction of sp³-hybridized carbons (Fsp3) is 0.267. The third-order valence-corrected chi connectivity index (χ3v) is 3.53. The summed E-state index contributed by atoms with van der Waals surface area (Å²) in [6.07, 6.45) is 1.31. The Labute approximate surface area is 130 Å². The largest absolute Gasteiger partial charge is 0.480 e. The average molecular weight is 323 g/mol. The van der Waals surface area contributed by atoms with E-state index in [-0.39, 0.29) is 5.69 Å². The van der Waals surface area contributed by atoms with Crippen LogP contribution in [0.1, 0.15) is 23.0 Å². The summed E-state index contributed by atoms with van der Waals surface area (Å²) < 4.78 is 28.5. The molecule has 1 N–H and O–H groups in total. The second-order valence-electron chi connectivity index (χ2n) is 5.11. The fourth-order valence-electron chi connectivity index (χ4n) is 2.00. The number of nitrogens with zero attached hydrogens (tertiary/aromatic N) is 3. The van der Waals surface area contributed by atoms with E-state index >= 15 is 0 Å². The molecule has 8 heteroatoms.